The molecular formula is C12H13ClN2OS. The molecule has 17 heavy (non-hydrogen) atoms. The van der Waals surface area contributed by atoms with Crippen molar-refractivity contribution >= 4 is 23.4 Å². The first-order valence-electron chi connectivity index (χ1n) is 5.21. The molecule has 0 fully saturated rings. The van der Waals surface area contributed by atoms with Gasteiger partial charge in [0.25, 0.3) is 5.22 Å². The lowest BCUT2D eigenvalue weighted by atomic mass is 10.2. The maximum Gasteiger partial charge on any atom is 0.261 e. The van der Waals surface area contributed by atoms with Crippen LogP contribution in [0.3, 0.4) is 0 Å². The minimum absolute atomic E-state index is 0.446. The van der Waals surface area contributed by atoms with Gasteiger partial charge in [0, 0.05) is 11.4 Å². The summed E-state index contributed by atoms with van der Waals surface area (Å²) in [4.78, 5) is 5.23. The average molecular weight is 269 g/mol. The summed E-state index contributed by atoms with van der Waals surface area (Å²) in [5.74, 6) is 0.828. The van der Waals surface area contributed by atoms with E-state index in [1.54, 1.807) is 0 Å². The third-order valence-electron chi connectivity index (χ3n) is 2.47. The van der Waals surface area contributed by atoms with Gasteiger partial charge in [-0.1, -0.05) is 23.7 Å². The molecule has 0 radical (unpaired) electrons. The molecule has 1 aromatic carbocycles. The lowest BCUT2D eigenvalue weighted by Crippen LogP contribution is -1.98. The Hall–Kier alpha value is -0.970. The second-order valence-electron chi connectivity index (χ2n) is 3.66. The van der Waals surface area contributed by atoms with E-state index < -0.39 is 0 Å². The standard InChI is InChI=1S/C12H13ClN2OS/c1-7-8(2)16-12(15-7)17-11-9(6-14)4-3-5-10(11)13/h3-5H,6,14H2,1-2H3. The van der Waals surface area contributed by atoms with E-state index in [0.717, 1.165) is 21.9 Å². The van der Waals surface area contributed by atoms with Crippen molar-refractivity contribution in [2.75, 3.05) is 0 Å². The Labute approximate surface area is 109 Å². The number of hydrogen-bond donors (Lipinski definition) is 1. The van der Waals surface area contributed by atoms with E-state index in [9.17, 15) is 0 Å². The molecule has 0 aliphatic rings. The molecule has 0 bridgehead atoms. The van der Waals surface area contributed by atoms with Gasteiger partial charge < -0.3 is 10.2 Å². The number of benzene rings is 1. The maximum atomic E-state index is 6.16. The summed E-state index contributed by atoms with van der Waals surface area (Å²) in [5, 5.41) is 1.27. The number of rotatable bonds is 3. The van der Waals surface area contributed by atoms with E-state index in [1.807, 2.05) is 32.0 Å². The quantitative estimate of drug-likeness (QED) is 0.925. The van der Waals surface area contributed by atoms with Crippen LogP contribution in [0.1, 0.15) is 17.0 Å². The van der Waals surface area contributed by atoms with Crippen molar-refractivity contribution in [3.05, 3.63) is 40.2 Å². The number of nitrogens with two attached hydrogens (primary N) is 1. The van der Waals surface area contributed by atoms with Gasteiger partial charge >= 0.3 is 0 Å². The third-order valence-corrected chi connectivity index (χ3v) is 3.93. The van der Waals surface area contributed by atoms with Gasteiger partial charge in [0.2, 0.25) is 0 Å². The van der Waals surface area contributed by atoms with Gasteiger partial charge in [-0.2, -0.15) is 0 Å². The molecule has 0 spiro atoms. The molecule has 0 aliphatic heterocycles. The van der Waals surface area contributed by atoms with Crippen LogP contribution in [0, 0.1) is 13.8 Å². The number of nitrogens with zero attached hydrogens (tertiary/aromatic N) is 1. The highest BCUT2D eigenvalue weighted by Crippen LogP contribution is 2.36. The largest absolute Gasteiger partial charge is 0.436 e. The van der Waals surface area contributed by atoms with Crippen molar-refractivity contribution in [1.82, 2.24) is 4.98 Å². The van der Waals surface area contributed by atoms with Crippen molar-refractivity contribution in [3.63, 3.8) is 0 Å². The van der Waals surface area contributed by atoms with E-state index in [4.69, 9.17) is 21.8 Å². The summed E-state index contributed by atoms with van der Waals surface area (Å²) in [7, 11) is 0. The molecule has 0 atom stereocenters. The van der Waals surface area contributed by atoms with Crippen LogP contribution in [-0.4, -0.2) is 4.98 Å². The number of aryl methyl sites for hydroxylation is 2. The molecule has 90 valence electrons. The van der Waals surface area contributed by atoms with E-state index in [0.29, 0.717) is 16.8 Å². The molecular weight excluding hydrogens is 256 g/mol. The van der Waals surface area contributed by atoms with Crippen LogP contribution in [-0.2, 0) is 6.54 Å². The second-order valence-corrected chi connectivity index (χ2v) is 5.02. The topological polar surface area (TPSA) is 52.0 Å². The number of oxazole rings is 1. The zero-order valence-corrected chi connectivity index (χ0v) is 11.2. The summed E-state index contributed by atoms with van der Waals surface area (Å²) < 4.78 is 5.53. The van der Waals surface area contributed by atoms with E-state index >= 15 is 0 Å². The molecule has 2 aromatic rings. The first kappa shape index (κ1) is 12.5. The Bertz CT molecular complexity index is 520. The van der Waals surface area contributed by atoms with Crippen molar-refractivity contribution in [2.45, 2.75) is 30.5 Å². The lowest BCUT2D eigenvalue weighted by molar-refractivity contribution is 0.431. The first-order valence-corrected chi connectivity index (χ1v) is 6.40. The Morgan fingerprint density at radius 1 is 1.41 bits per heavy atom. The fourth-order valence-electron chi connectivity index (χ4n) is 1.40. The van der Waals surface area contributed by atoms with Crippen molar-refractivity contribution in [2.24, 2.45) is 5.73 Å². The molecule has 0 unspecified atom stereocenters. The van der Waals surface area contributed by atoms with Gasteiger partial charge in [-0.15, -0.1) is 0 Å². The van der Waals surface area contributed by atoms with Crippen LogP contribution in [0.15, 0.2) is 32.7 Å². The summed E-state index contributed by atoms with van der Waals surface area (Å²) in [6, 6.07) is 5.68. The highest BCUT2D eigenvalue weighted by atomic mass is 35.5. The van der Waals surface area contributed by atoms with Crippen LogP contribution in [0.5, 0.6) is 0 Å². The number of aromatic nitrogens is 1. The zero-order valence-electron chi connectivity index (χ0n) is 9.66. The second kappa shape index (κ2) is 5.12. The fraction of sp³-hybridized carbons (Fsp3) is 0.250. The molecule has 1 heterocycles. The van der Waals surface area contributed by atoms with Crippen LogP contribution in [0.2, 0.25) is 5.02 Å². The molecule has 2 rings (SSSR count). The van der Waals surface area contributed by atoms with Crippen LogP contribution in [0.25, 0.3) is 0 Å². The molecule has 0 saturated carbocycles. The maximum absolute atomic E-state index is 6.16. The minimum atomic E-state index is 0.446. The lowest BCUT2D eigenvalue weighted by Gasteiger charge is -2.06. The zero-order chi connectivity index (χ0) is 12.4. The van der Waals surface area contributed by atoms with Gasteiger partial charge in [-0.25, -0.2) is 4.98 Å². The van der Waals surface area contributed by atoms with Crippen LogP contribution in [0.4, 0.5) is 0 Å². The summed E-state index contributed by atoms with van der Waals surface area (Å²) in [6.07, 6.45) is 0. The predicted molar refractivity (Wildman–Crippen MR) is 69.4 cm³/mol. The van der Waals surface area contributed by atoms with E-state index in [1.165, 1.54) is 11.8 Å². The summed E-state index contributed by atoms with van der Waals surface area (Å²) in [6.45, 7) is 4.25. The summed E-state index contributed by atoms with van der Waals surface area (Å²) in [5.41, 5.74) is 7.58. The monoisotopic (exact) mass is 268 g/mol. The molecule has 2 N–H and O–H groups in total. The molecule has 0 aliphatic carbocycles. The molecule has 5 heteroatoms. The van der Waals surface area contributed by atoms with E-state index in [2.05, 4.69) is 4.98 Å². The first-order chi connectivity index (χ1) is 8.11. The van der Waals surface area contributed by atoms with Crippen molar-refractivity contribution in [3.8, 4) is 0 Å². The van der Waals surface area contributed by atoms with Crippen molar-refractivity contribution in [1.29, 1.82) is 0 Å². The Morgan fingerprint density at radius 2 is 2.18 bits per heavy atom. The van der Waals surface area contributed by atoms with Crippen LogP contribution < -0.4 is 5.73 Å². The minimum Gasteiger partial charge on any atom is -0.436 e. The third kappa shape index (κ3) is 2.65. The van der Waals surface area contributed by atoms with Gasteiger partial charge in [0.1, 0.15) is 5.76 Å². The highest BCUT2D eigenvalue weighted by molar-refractivity contribution is 7.99. The molecule has 1 aromatic heterocycles. The molecule has 0 amide bonds. The number of hydrogen-bond acceptors (Lipinski definition) is 4. The summed E-state index contributed by atoms with van der Waals surface area (Å²) >= 11 is 7.57. The van der Waals surface area contributed by atoms with Gasteiger partial charge in [0.05, 0.1) is 10.7 Å². The highest BCUT2D eigenvalue weighted by Gasteiger charge is 2.12. The average Bonchev–Trinajstić information content (AvgIpc) is 2.61. The Kier molecular flexibility index (Phi) is 3.76. The Morgan fingerprint density at radius 3 is 2.76 bits per heavy atom. The predicted octanol–water partition coefficient (Wildman–Crippen LogP) is 3.55. The molecule has 0 saturated heterocycles. The molecule has 3 nitrogen and oxygen atoms in total. The van der Waals surface area contributed by atoms with Gasteiger partial charge in [-0.3, -0.25) is 0 Å². The van der Waals surface area contributed by atoms with Crippen LogP contribution >= 0.6 is 23.4 Å². The Balaban J connectivity index is 2.35. The fourth-order valence-corrected chi connectivity index (χ4v) is 2.68. The number of halogens is 1. The smallest absolute Gasteiger partial charge is 0.261 e. The van der Waals surface area contributed by atoms with Gasteiger partial charge in [0.15, 0.2) is 0 Å². The van der Waals surface area contributed by atoms with Crippen molar-refractivity contribution < 1.29 is 4.42 Å². The SMILES string of the molecule is Cc1nc(Sc2c(Cl)cccc2CN)oc1C. The normalized spacial score (nSPS) is 10.8. The van der Waals surface area contributed by atoms with E-state index in [-0.39, 0.29) is 0 Å². The van der Waals surface area contributed by atoms with Gasteiger partial charge in [-0.05, 0) is 37.2 Å².